The maximum Gasteiger partial charge on any atom is 0.321 e. The summed E-state index contributed by atoms with van der Waals surface area (Å²) in [6.45, 7) is 1.83. The van der Waals surface area contributed by atoms with Crippen LogP contribution in [0, 0.1) is 5.92 Å². The summed E-state index contributed by atoms with van der Waals surface area (Å²) in [5, 5.41) is 5.29. The van der Waals surface area contributed by atoms with E-state index in [2.05, 4.69) is 10.6 Å². The van der Waals surface area contributed by atoms with Crippen LogP contribution in [-0.4, -0.2) is 30.6 Å². The molecule has 0 aromatic heterocycles. The van der Waals surface area contributed by atoms with Crippen LogP contribution in [0.2, 0.25) is 5.02 Å². The van der Waals surface area contributed by atoms with Crippen LogP contribution >= 0.6 is 11.6 Å². The molecule has 0 fully saturated rings. The number of benzene rings is 2. The summed E-state index contributed by atoms with van der Waals surface area (Å²) in [6, 6.07) is 13.8. The molecule has 1 heterocycles. The molecule has 1 aliphatic rings. The molecule has 0 radical (unpaired) electrons. The fraction of sp³-hybridized carbons (Fsp3) is 0.286. The molecule has 0 aliphatic carbocycles. The number of ether oxygens (including phenoxy) is 2. The highest BCUT2D eigenvalue weighted by molar-refractivity contribution is 6.30. The number of carbonyl (C=O) groups is 3. The van der Waals surface area contributed by atoms with Gasteiger partial charge in [-0.3, -0.25) is 14.9 Å². The van der Waals surface area contributed by atoms with E-state index in [1.165, 1.54) is 6.92 Å². The van der Waals surface area contributed by atoms with Gasteiger partial charge in [-0.2, -0.15) is 0 Å². The fourth-order valence-corrected chi connectivity index (χ4v) is 3.07. The lowest BCUT2D eigenvalue weighted by molar-refractivity contribution is -0.159. The zero-order valence-corrected chi connectivity index (χ0v) is 16.6. The van der Waals surface area contributed by atoms with Gasteiger partial charge in [0, 0.05) is 11.6 Å². The lowest BCUT2D eigenvalue weighted by atomic mass is 9.97. The van der Waals surface area contributed by atoms with Crippen LogP contribution in [0.5, 0.6) is 5.75 Å². The molecule has 29 heavy (non-hydrogen) atoms. The zero-order valence-electron chi connectivity index (χ0n) is 15.8. The Bertz CT molecular complexity index is 903. The van der Waals surface area contributed by atoms with Crippen molar-refractivity contribution in [2.45, 2.75) is 26.0 Å². The maximum atomic E-state index is 12.4. The first-order chi connectivity index (χ1) is 13.9. The van der Waals surface area contributed by atoms with Crippen molar-refractivity contribution in [1.82, 2.24) is 10.6 Å². The molecule has 0 saturated carbocycles. The van der Waals surface area contributed by atoms with Gasteiger partial charge in [-0.25, -0.2) is 4.79 Å². The minimum atomic E-state index is -1.12. The minimum absolute atomic E-state index is 0.152. The summed E-state index contributed by atoms with van der Waals surface area (Å²) in [6.07, 6.45) is -0.716. The summed E-state index contributed by atoms with van der Waals surface area (Å²) < 4.78 is 10.8. The van der Waals surface area contributed by atoms with Crippen molar-refractivity contribution in [2.24, 2.45) is 5.92 Å². The van der Waals surface area contributed by atoms with Gasteiger partial charge >= 0.3 is 12.0 Å². The van der Waals surface area contributed by atoms with Crippen LogP contribution in [-0.2, 0) is 27.3 Å². The third-order valence-corrected chi connectivity index (χ3v) is 4.69. The molecule has 0 spiro atoms. The molecular formula is C21H21ClN2O5. The zero-order chi connectivity index (χ0) is 20.8. The van der Waals surface area contributed by atoms with E-state index in [-0.39, 0.29) is 13.2 Å². The quantitative estimate of drug-likeness (QED) is 0.731. The van der Waals surface area contributed by atoms with E-state index in [0.717, 1.165) is 11.1 Å². The van der Waals surface area contributed by atoms with Crippen molar-refractivity contribution < 1.29 is 23.9 Å². The van der Waals surface area contributed by atoms with Crippen molar-refractivity contribution >= 4 is 29.5 Å². The van der Waals surface area contributed by atoms with Crippen LogP contribution < -0.4 is 15.4 Å². The minimum Gasteiger partial charge on any atom is -0.492 e. The van der Waals surface area contributed by atoms with E-state index in [9.17, 15) is 14.4 Å². The van der Waals surface area contributed by atoms with E-state index in [1.54, 1.807) is 18.2 Å². The molecule has 7 nitrogen and oxygen atoms in total. The Morgan fingerprint density at radius 3 is 2.72 bits per heavy atom. The summed E-state index contributed by atoms with van der Waals surface area (Å²) in [7, 11) is 0. The number of urea groups is 1. The van der Waals surface area contributed by atoms with Crippen LogP contribution in [0.15, 0.2) is 48.5 Å². The van der Waals surface area contributed by atoms with E-state index in [0.29, 0.717) is 17.2 Å². The molecule has 3 rings (SSSR count). The highest BCUT2D eigenvalue weighted by atomic mass is 35.5. The topological polar surface area (TPSA) is 93.7 Å². The Labute approximate surface area is 173 Å². The Morgan fingerprint density at radius 1 is 1.21 bits per heavy atom. The lowest BCUT2D eigenvalue weighted by Gasteiger charge is -2.25. The standard InChI is InChI=1S/C21H21ClN2O5/c1-13(19(25)24-21(27)23-11-14-5-3-2-4-6-14)29-20(26)16-9-15-10-17(22)7-8-18(15)28-12-16/h2-8,10,13,16H,9,11-12H2,1H3,(H2,23,24,25,27)/t13-,16-/m1/s1. The van der Waals surface area contributed by atoms with Gasteiger partial charge in [0.25, 0.3) is 5.91 Å². The highest BCUT2D eigenvalue weighted by Crippen LogP contribution is 2.30. The van der Waals surface area contributed by atoms with Crippen molar-refractivity contribution in [3.63, 3.8) is 0 Å². The smallest absolute Gasteiger partial charge is 0.321 e. The third-order valence-electron chi connectivity index (χ3n) is 4.46. The first-order valence-electron chi connectivity index (χ1n) is 9.16. The van der Waals surface area contributed by atoms with E-state index in [4.69, 9.17) is 21.1 Å². The number of amides is 3. The second-order valence-electron chi connectivity index (χ2n) is 6.70. The van der Waals surface area contributed by atoms with E-state index < -0.39 is 29.9 Å². The summed E-state index contributed by atoms with van der Waals surface area (Å²) in [5.74, 6) is -1.14. The number of rotatable bonds is 5. The molecule has 1 aliphatic heterocycles. The van der Waals surface area contributed by atoms with Gasteiger partial charge < -0.3 is 14.8 Å². The molecule has 0 bridgehead atoms. The first kappa shape index (κ1) is 20.7. The van der Waals surface area contributed by atoms with Gasteiger partial charge in [-0.05, 0) is 42.7 Å². The number of halogens is 1. The SMILES string of the molecule is C[C@@H](OC(=O)[C@H]1COc2ccc(Cl)cc2C1)C(=O)NC(=O)NCc1ccccc1. The molecule has 0 unspecified atom stereocenters. The van der Waals surface area contributed by atoms with Gasteiger partial charge in [0.05, 0.1) is 5.92 Å². The fourth-order valence-electron chi connectivity index (χ4n) is 2.87. The Morgan fingerprint density at radius 2 is 1.97 bits per heavy atom. The number of carbonyl (C=O) groups excluding carboxylic acids is 3. The van der Waals surface area contributed by atoms with Crippen LogP contribution in [0.4, 0.5) is 4.79 Å². The van der Waals surface area contributed by atoms with Crippen LogP contribution in [0.3, 0.4) is 0 Å². The summed E-state index contributed by atoms with van der Waals surface area (Å²) in [4.78, 5) is 36.4. The maximum absolute atomic E-state index is 12.4. The summed E-state index contributed by atoms with van der Waals surface area (Å²) >= 11 is 5.98. The lowest BCUT2D eigenvalue weighted by Crippen LogP contribution is -2.45. The van der Waals surface area contributed by atoms with Gasteiger partial charge in [0.1, 0.15) is 12.4 Å². The Balaban J connectivity index is 1.46. The predicted octanol–water partition coefficient (Wildman–Crippen LogP) is 2.85. The van der Waals surface area contributed by atoms with Crippen molar-refractivity contribution in [1.29, 1.82) is 0 Å². The van der Waals surface area contributed by atoms with Crippen molar-refractivity contribution in [3.8, 4) is 5.75 Å². The number of imide groups is 1. The third kappa shape index (κ3) is 5.71. The second-order valence-corrected chi connectivity index (χ2v) is 7.14. The molecular weight excluding hydrogens is 396 g/mol. The molecule has 2 N–H and O–H groups in total. The van der Waals surface area contributed by atoms with Crippen LogP contribution in [0.25, 0.3) is 0 Å². The second kappa shape index (κ2) is 9.43. The number of hydrogen-bond donors (Lipinski definition) is 2. The van der Waals surface area contributed by atoms with Gasteiger partial charge in [0.15, 0.2) is 6.10 Å². The molecule has 152 valence electrons. The number of hydrogen-bond acceptors (Lipinski definition) is 5. The predicted molar refractivity (Wildman–Crippen MR) is 107 cm³/mol. The number of nitrogens with one attached hydrogen (secondary N) is 2. The molecule has 2 atom stereocenters. The van der Waals surface area contributed by atoms with Gasteiger partial charge in [-0.1, -0.05) is 41.9 Å². The Kier molecular flexibility index (Phi) is 6.72. The largest absolute Gasteiger partial charge is 0.492 e. The van der Waals surface area contributed by atoms with Gasteiger partial charge in [-0.15, -0.1) is 0 Å². The molecule has 0 saturated heterocycles. The van der Waals surface area contributed by atoms with E-state index in [1.807, 2.05) is 30.3 Å². The average Bonchev–Trinajstić information content (AvgIpc) is 2.72. The van der Waals surface area contributed by atoms with Gasteiger partial charge in [0.2, 0.25) is 0 Å². The first-order valence-corrected chi connectivity index (χ1v) is 9.54. The van der Waals surface area contributed by atoms with Crippen LogP contribution in [0.1, 0.15) is 18.1 Å². The van der Waals surface area contributed by atoms with Crippen molar-refractivity contribution in [2.75, 3.05) is 6.61 Å². The normalized spacial score (nSPS) is 16.0. The molecule has 2 aromatic carbocycles. The molecule has 2 aromatic rings. The average molecular weight is 417 g/mol. The van der Waals surface area contributed by atoms with E-state index >= 15 is 0 Å². The summed E-state index contributed by atoms with van der Waals surface area (Å²) in [5.41, 5.74) is 1.70. The molecule has 3 amide bonds. The monoisotopic (exact) mass is 416 g/mol. The number of esters is 1. The molecule has 8 heteroatoms. The number of fused-ring (bicyclic) bond motifs is 1. The highest BCUT2D eigenvalue weighted by Gasteiger charge is 2.30. The Hall–Kier alpha value is -3.06. The van der Waals surface area contributed by atoms with Crippen molar-refractivity contribution in [3.05, 3.63) is 64.7 Å².